The van der Waals surface area contributed by atoms with Crippen molar-refractivity contribution in [1.82, 2.24) is 0 Å². The second kappa shape index (κ2) is 15.8. The van der Waals surface area contributed by atoms with Crippen LogP contribution in [0.2, 0.25) is 0 Å². The van der Waals surface area contributed by atoms with E-state index in [2.05, 4.69) is 15.9 Å². The number of hydrogen-bond donors (Lipinski definition) is 1. The van der Waals surface area contributed by atoms with Gasteiger partial charge in [0.15, 0.2) is 0 Å². The number of nitrogens with two attached hydrogens (primary N) is 1. The Bertz CT molecular complexity index is 13.5. The Morgan fingerprint density at radius 2 is 1.67 bits per heavy atom. The zero-order valence-corrected chi connectivity index (χ0v) is 6.08. The summed E-state index contributed by atoms with van der Waals surface area (Å²) in [6.07, 6.45) is 0. The molecule has 0 fully saturated rings. The number of alkyl halides is 1. The molecule has 0 aliphatic heterocycles. The molecule has 0 aliphatic carbocycles. The zero-order chi connectivity index (χ0) is 3.41. The molecule has 0 rings (SSSR count). The Kier molecular flexibility index (Phi) is 41.2. The Balaban J connectivity index is -0.0000000450. The van der Waals surface area contributed by atoms with Crippen LogP contribution in [0.3, 0.4) is 0 Å². The van der Waals surface area contributed by atoms with Crippen molar-refractivity contribution in [1.29, 1.82) is 0 Å². The molecule has 0 saturated carbocycles. The van der Waals surface area contributed by atoms with Gasteiger partial charge in [-0.1, -0.05) is 15.9 Å². The minimum absolute atomic E-state index is 0. The summed E-state index contributed by atoms with van der Waals surface area (Å²) < 4.78 is 0. The van der Waals surface area contributed by atoms with Crippen molar-refractivity contribution in [2.24, 2.45) is 5.73 Å². The topological polar surface area (TPSA) is 26.0 Å². The van der Waals surface area contributed by atoms with E-state index in [1.165, 1.54) is 0 Å². The van der Waals surface area contributed by atoms with E-state index in [0.29, 0.717) is 0 Å². The van der Waals surface area contributed by atoms with Gasteiger partial charge in [-0.05, 0) is 0 Å². The monoisotopic (exact) mass is 227 g/mol. The summed E-state index contributed by atoms with van der Waals surface area (Å²) in [5.74, 6) is 0. The predicted octanol–water partition coefficient (Wildman–Crippen LogP) is 0.269. The van der Waals surface area contributed by atoms with Crippen molar-refractivity contribution >= 4 is 62.5 Å². The molecule has 0 radical (unpaired) electrons. The van der Waals surface area contributed by atoms with Crippen LogP contribution >= 0.6 is 32.9 Å². The van der Waals surface area contributed by atoms with Crippen molar-refractivity contribution in [2.75, 3.05) is 11.9 Å². The molecule has 4 heteroatoms. The Morgan fingerprint density at radius 1 is 1.50 bits per heavy atom. The zero-order valence-electron chi connectivity index (χ0n) is 2.78. The molecule has 0 bridgehead atoms. The van der Waals surface area contributed by atoms with Crippen LogP contribution in [0.25, 0.3) is 0 Å². The van der Waals surface area contributed by atoms with Crippen LogP contribution in [-0.4, -0.2) is 41.4 Å². The first-order valence-corrected chi connectivity index (χ1v) is 2.30. The molecular weight excluding hydrogens is 221 g/mol. The van der Waals surface area contributed by atoms with Crippen LogP contribution in [-0.2, 0) is 0 Å². The van der Waals surface area contributed by atoms with Crippen LogP contribution in [0, 0.1) is 0 Å². The third-order valence-electron chi connectivity index (χ3n) is 0.109. The van der Waals surface area contributed by atoms with Crippen LogP contribution < -0.4 is 5.73 Å². The molecule has 0 aromatic heterocycles. The van der Waals surface area contributed by atoms with Gasteiger partial charge in [0, 0.05) is 11.9 Å². The van der Waals surface area contributed by atoms with Gasteiger partial charge in [-0.2, -0.15) is 0 Å². The summed E-state index contributed by atoms with van der Waals surface area (Å²) in [6, 6.07) is 0. The van der Waals surface area contributed by atoms with Crippen LogP contribution in [0.1, 0.15) is 0 Å². The molecule has 36 valence electrons. The van der Waals surface area contributed by atoms with E-state index in [0.717, 1.165) is 11.9 Å². The van der Waals surface area contributed by atoms with Gasteiger partial charge in [0.2, 0.25) is 0 Å². The molecule has 0 aromatic carbocycles. The molecule has 0 aliphatic rings. The first kappa shape index (κ1) is 15.7. The first-order valence-electron chi connectivity index (χ1n) is 1.18. The first-order chi connectivity index (χ1) is 1.91. The average Bonchev–Trinajstić information content (AvgIpc) is 1.37. The quantitative estimate of drug-likeness (QED) is 0.506. The summed E-state index contributed by atoms with van der Waals surface area (Å²) in [5, 5.41) is 0.910. The fraction of sp³-hybridized carbons (Fsp3) is 1.00. The third kappa shape index (κ3) is 16.8. The normalized spacial score (nSPS) is 5.00. The maximum atomic E-state index is 4.98. The van der Waals surface area contributed by atoms with E-state index in [1.807, 2.05) is 0 Å². The molecule has 0 unspecified atom stereocenters. The van der Waals surface area contributed by atoms with Gasteiger partial charge in [-0.25, -0.2) is 0 Å². The fourth-order valence-corrected chi connectivity index (χ4v) is 0. The maximum absolute atomic E-state index is 4.98. The Labute approximate surface area is 79.2 Å². The fourth-order valence-electron chi connectivity index (χ4n) is 0. The van der Waals surface area contributed by atoms with Gasteiger partial charge in [0.05, 0.1) is 0 Å². The molecule has 0 spiro atoms. The van der Waals surface area contributed by atoms with E-state index in [1.54, 1.807) is 0 Å². The van der Waals surface area contributed by atoms with Crippen LogP contribution in [0.15, 0.2) is 0 Å². The molecule has 2 N–H and O–H groups in total. The SMILES string of the molecule is Br.NCCBr.[NaH]. The molecule has 1 nitrogen and oxygen atoms in total. The summed E-state index contributed by atoms with van der Waals surface area (Å²) in [4.78, 5) is 0. The number of hydrogen-bond acceptors (Lipinski definition) is 1. The van der Waals surface area contributed by atoms with Crippen LogP contribution in [0.5, 0.6) is 0 Å². The predicted molar refractivity (Wildman–Crippen MR) is 40.3 cm³/mol. The summed E-state index contributed by atoms with van der Waals surface area (Å²) in [5.41, 5.74) is 4.98. The molecule has 0 aromatic rings. The third-order valence-corrected chi connectivity index (χ3v) is 0.567. The van der Waals surface area contributed by atoms with Crippen LogP contribution in [0.4, 0.5) is 0 Å². The molecule has 6 heavy (non-hydrogen) atoms. The Morgan fingerprint density at radius 3 is 1.67 bits per heavy atom. The van der Waals surface area contributed by atoms with Gasteiger partial charge < -0.3 is 5.73 Å². The standard InChI is InChI=1S/C2H6BrN.BrH.Na.H/c3-1-2-4;;;/h1-2,4H2;1H;;. The average molecular weight is 229 g/mol. The molecule has 0 saturated heterocycles. The van der Waals surface area contributed by atoms with Crippen molar-refractivity contribution in [3.05, 3.63) is 0 Å². The van der Waals surface area contributed by atoms with Crippen molar-refractivity contribution in [2.45, 2.75) is 0 Å². The second-order valence-electron chi connectivity index (χ2n) is 0.478. The number of halogens is 2. The second-order valence-corrected chi connectivity index (χ2v) is 1.27. The minimum atomic E-state index is 0. The van der Waals surface area contributed by atoms with Crippen molar-refractivity contribution < 1.29 is 0 Å². The van der Waals surface area contributed by atoms with Gasteiger partial charge >= 0.3 is 29.6 Å². The molecule has 0 heterocycles. The van der Waals surface area contributed by atoms with E-state index in [4.69, 9.17) is 5.73 Å². The van der Waals surface area contributed by atoms with Crippen molar-refractivity contribution in [3.63, 3.8) is 0 Å². The van der Waals surface area contributed by atoms with E-state index >= 15 is 0 Å². The molecule has 0 amide bonds. The van der Waals surface area contributed by atoms with E-state index < -0.39 is 0 Å². The van der Waals surface area contributed by atoms with Gasteiger partial charge in [0.1, 0.15) is 0 Å². The van der Waals surface area contributed by atoms with Crippen molar-refractivity contribution in [3.8, 4) is 0 Å². The molecular formula is C2H8Br2NNa. The number of rotatable bonds is 1. The van der Waals surface area contributed by atoms with E-state index in [9.17, 15) is 0 Å². The van der Waals surface area contributed by atoms with Gasteiger partial charge in [-0.15, -0.1) is 17.0 Å². The van der Waals surface area contributed by atoms with Gasteiger partial charge in [0.25, 0.3) is 0 Å². The van der Waals surface area contributed by atoms with Gasteiger partial charge in [-0.3, -0.25) is 0 Å². The Hall–Kier alpha value is 1.92. The summed E-state index contributed by atoms with van der Waals surface area (Å²) in [6.45, 7) is 0.736. The molecule has 0 atom stereocenters. The van der Waals surface area contributed by atoms with E-state index in [-0.39, 0.29) is 46.5 Å². The summed E-state index contributed by atoms with van der Waals surface area (Å²) >= 11 is 3.12. The summed E-state index contributed by atoms with van der Waals surface area (Å²) in [7, 11) is 0.